The number of benzene rings is 1. The molecule has 1 amide bonds. The van der Waals surface area contributed by atoms with Gasteiger partial charge in [0.2, 0.25) is 0 Å². The number of carbonyl (C=O) groups excluding carboxylic acids is 2. The number of nitrogens with zero attached hydrogens (tertiary/aromatic N) is 1. The normalized spacial score (nSPS) is 16.5. The van der Waals surface area contributed by atoms with Gasteiger partial charge < -0.3 is 18.9 Å². The lowest BCUT2D eigenvalue weighted by molar-refractivity contribution is -0.144. The highest BCUT2D eigenvalue weighted by molar-refractivity contribution is 5.90. The Labute approximate surface area is 172 Å². The van der Waals surface area contributed by atoms with E-state index in [4.69, 9.17) is 18.9 Å². The Morgan fingerprint density at radius 1 is 1.17 bits per heavy atom. The van der Waals surface area contributed by atoms with Crippen molar-refractivity contribution in [1.82, 2.24) is 4.90 Å². The first-order valence-electron chi connectivity index (χ1n) is 9.65. The Kier molecular flexibility index (Phi) is 7.16. The molecule has 7 nitrogen and oxygen atoms in total. The van der Waals surface area contributed by atoms with Gasteiger partial charge in [-0.3, -0.25) is 4.90 Å². The number of hydrogen-bond donors (Lipinski definition) is 0. The minimum absolute atomic E-state index is 0.227. The number of ether oxygens (including phenoxy) is 4. The van der Waals surface area contributed by atoms with E-state index in [1.54, 1.807) is 34.0 Å². The quantitative estimate of drug-likeness (QED) is 0.668. The predicted molar refractivity (Wildman–Crippen MR) is 110 cm³/mol. The Balaban J connectivity index is 2.32. The summed E-state index contributed by atoms with van der Waals surface area (Å²) in [5.41, 5.74) is 0.978. The first-order valence-corrected chi connectivity index (χ1v) is 9.65. The van der Waals surface area contributed by atoms with Gasteiger partial charge in [-0.25, -0.2) is 9.59 Å². The summed E-state index contributed by atoms with van der Waals surface area (Å²) in [5.74, 6) is 1.09. The van der Waals surface area contributed by atoms with Gasteiger partial charge in [0.1, 0.15) is 5.60 Å². The Bertz CT molecular complexity index is 778. The minimum atomic E-state index is -0.841. The van der Waals surface area contributed by atoms with Crippen LogP contribution in [0.25, 0.3) is 5.57 Å². The van der Waals surface area contributed by atoms with Crippen LogP contribution in [0.3, 0.4) is 0 Å². The highest BCUT2D eigenvalue weighted by Crippen LogP contribution is 2.34. The molecule has 0 aliphatic carbocycles. The predicted octanol–water partition coefficient (Wildman–Crippen LogP) is 3.91. The van der Waals surface area contributed by atoms with Gasteiger partial charge in [-0.1, -0.05) is 19.9 Å². The minimum Gasteiger partial charge on any atom is -0.493 e. The molecular weight excluding hydrogens is 374 g/mol. The van der Waals surface area contributed by atoms with Crippen LogP contribution in [-0.4, -0.2) is 56.0 Å². The van der Waals surface area contributed by atoms with Crippen molar-refractivity contribution >= 4 is 17.6 Å². The number of esters is 1. The molecule has 1 aliphatic rings. The molecule has 1 unspecified atom stereocenters. The second kappa shape index (κ2) is 9.20. The fourth-order valence-electron chi connectivity index (χ4n) is 2.86. The van der Waals surface area contributed by atoms with E-state index in [0.717, 1.165) is 11.1 Å². The molecule has 0 bridgehead atoms. The van der Waals surface area contributed by atoms with E-state index in [1.165, 1.54) is 12.0 Å². The molecule has 1 aromatic carbocycles. The molecule has 7 heteroatoms. The van der Waals surface area contributed by atoms with E-state index in [2.05, 4.69) is 13.8 Å². The molecule has 0 fully saturated rings. The van der Waals surface area contributed by atoms with E-state index >= 15 is 0 Å². The van der Waals surface area contributed by atoms with Gasteiger partial charge in [-0.2, -0.15) is 0 Å². The largest absolute Gasteiger partial charge is 0.493 e. The fourth-order valence-corrected chi connectivity index (χ4v) is 2.86. The summed E-state index contributed by atoms with van der Waals surface area (Å²) in [4.78, 5) is 26.3. The van der Waals surface area contributed by atoms with Crippen molar-refractivity contribution in [2.45, 2.75) is 46.3 Å². The van der Waals surface area contributed by atoms with Crippen molar-refractivity contribution in [2.24, 2.45) is 5.92 Å². The third kappa shape index (κ3) is 5.89. The number of rotatable bonds is 6. The number of carbonyl (C=O) groups is 2. The van der Waals surface area contributed by atoms with Crippen LogP contribution in [0, 0.1) is 5.92 Å². The van der Waals surface area contributed by atoms with Gasteiger partial charge in [0.25, 0.3) is 0 Å². The van der Waals surface area contributed by atoms with Gasteiger partial charge in [0.15, 0.2) is 17.5 Å². The van der Waals surface area contributed by atoms with Gasteiger partial charge in [0, 0.05) is 0 Å². The highest BCUT2D eigenvalue weighted by Gasteiger charge is 2.37. The first kappa shape index (κ1) is 22.6. The summed E-state index contributed by atoms with van der Waals surface area (Å²) in [6.07, 6.45) is 1.16. The highest BCUT2D eigenvalue weighted by atomic mass is 16.6. The van der Waals surface area contributed by atoms with Crippen molar-refractivity contribution in [3.63, 3.8) is 0 Å². The number of hydrogen-bond acceptors (Lipinski definition) is 6. The van der Waals surface area contributed by atoms with Crippen LogP contribution in [0.15, 0.2) is 24.3 Å². The molecule has 0 saturated heterocycles. The van der Waals surface area contributed by atoms with Crippen molar-refractivity contribution in [2.75, 3.05) is 27.4 Å². The van der Waals surface area contributed by atoms with Crippen molar-refractivity contribution < 1.29 is 28.5 Å². The molecule has 0 saturated carbocycles. The molecular formula is C22H31NO6. The van der Waals surface area contributed by atoms with Crippen molar-refractivity contribution in [1.29, 1.82) is 0 Å². The summed E-state index contributed by atoms with van der Waals surface area (Å²) in [7, 11) is 2.89. The van der Waals surface area contributed by atoms with Gasteiger partial charge in [-0.15, -0.1) is 0 Å². The maximum Gasteiger partial charge on any atom is 0.411 e. The van der Waals surface area contributed by atoms with Crippen molar-refractivity contribution in [3.8, 4) is 11.5 Å². The molecule has 0 spiro atoms. The number of methoxy groups -OCH3 is 2. The van der Waals surface area contributed by atoms with Crippen LogP contribution >= 0.6 is 0 Å². The second-order valence-corrected chi connectivity index (χ2v) is 8.34. The van der Waals surface area contributed by atoms with E-state index < -0.39 is 23.7 Å². The van der Waals surface area contributed by atoms with Gasteiger partial charge >= 0.3 is 12.1 Å². The standard InChI is InChI=1S/C22H31NO6/c1-14(2)13-28-19-11-15(8-9-18(19)26-6)16-10-17(20(24)27-7)23(12-16)21(25)29-22(3,4)5/h8-11,14,17H,12-13H2,1-7H3. The molecule has 160 valence electrons. The lowest BCUT2D eigenvalue weighted by Crippen LogP contribution is -2.44. The van der Waals surface area contributed by atoms with Crippen LogP contribution in [0.2, 0.25) is 0 Å². The average molecular weight is 405 g/mol. The maximum atomic E-state index is 12.6. The Morgan fingerprint density at radius 3 is 2.41 bits per heavy atom. The molecule has 1 aliphatic heterocycles. The smallest absolute Gasteiger partial charge is 0.411 e. The molecule has 2 rings (SSSR count). The molecule has 1 atom stereocenters. The van der Waals surface area contributed by atoms with E-state index in [9.17, 15) is 9.59 Å². The first-order chi connectivity index (χ1) is 13.6. The monoisotopic (exact) mass is 405 g/mol. The molecule has 1 aromatic rings. The van der Waals surface area contributed by atoms with Crippen LogP contribution in [0.5, 0.6) is 11.5 Å². The zero-order valence-electron chi connectivity index (χ0n) is 18.3. The van der Waals surface area contributed by atoms with Crippen LogP contribution in [0.4, 0.5) is 4.79 Å². The summed E-state index contributed by atoms with van der Waals surface area (Å²) in [6.45, 7) is 10.3. The zero-order chi connectivity index (χ0) is 21.8. The van der Waals surface area contributed by atoms with Crippen LogP contribution in [0.1, 0.15) is 40.2 Å². The summed E-state index contributed by atoms with van der Waals surface area (Å²) >= 11 is 0. The lowest BCUT2D eigenvalue weighted by atomic mass is 10.1. The van der Waals surface area contributed by atoms with Crippen molar-refractivity contribution in [3.05, 3.63) is 29.8 Å². The summed E-state index contributed by atoms with van der Waals surface area (Å²) < 4.78 is 21.6. The zero-order valence-corrected chi connectivity index (χ0v) is 18.3. The Hall–Kier alpha value is -2.70. The number of amides is 1. The maximum absolute atomic E-state index is 12.6. The van der Waals surface area contributed by atoms with Gasteiger partial charge in [0.05, 0.1) is 27.4 Å². The van der Waals surface area contributed by atoms with Gasteiger partial charge in [-0.05, 0) is 56.0 Å². The fraction of sp³-hybridized carbons (Fsp3) is 0.545. The SMILES string of the molecule is COC(=O)C1C=C(c2ccc(OC)c(OCC(C)C)c2)CN1C(=O)OC(C)(C)C. The van der Waals surface area contributed by atoms with Crippen LogP contribution in [-0.2, 0) is 14.3 Å². The summed E-state index contributed by atoms with van der Waals surface area (Å²) in [6, 6.07) is 4.71. The molecule has 1 heterocycles. The molecule has 0 radical (unpaired) electrons. The molecule has 0 aromatic heterocycles. The lowest BCUT2D eigenvalue weighted by Gasteiger charge is -2.27. The second-order valence-electron chi connectivity index (χ2n) is 8.34. The topological polar surface area (TPSA) is 74.3 Å². The van der Waals surface area contributed by atoms with E-state index in [-0.39, 0.29) is 6.54 Å². The van der Waals surface area contributed by atoms with E-state index in [0.29, 0.717) is 24.0 Å². The molecule has 0 N–H and O–H groups in total. The molecule has 29 heavy (non-hydrogen) atoms. The summed E-state index contributed by atoms with van der Waals surface area (Å²) in [5, 5.41) is 0. The third-order valence-corrected chi connectivity index (χ3v) is 4.21. The average Bonchev–Trinajstić information content (AvgIpc) is 3.09. The Morgan fingerprint density at radius 2 is 1.86 bits per heavy atom. The van der Waals surface area contributed by atoms with E-state index in [1.807, 2.05) is 18.2 Å². The third-order valence-electron chi connectivity index (χ3n) is 4.21. The van der Waals surface area contributed by atoms with Crippen LogP contribution < -0.4 is 9.47 Å².